The Morgan fingerprint density at radius 3 is 2.80 bits per heavy atom. The molecular weight excluding hydrogens is 270 g/mol. The molecule has 0 fully saturated rings. The van der Waals surface area contributed by atoms with Crippen LogP contribution in [-0.2, 0) is 5.75 Å². The summed E-state index contributed by atoms with van der Waals surface area (Å²) in [6.45, 7) is 2.06. The van der Waals surface area contributed by atoms with Gasteiger partial charge >= 0.3 is 0 Å². The molecule has 0 aliphatic carbocycles. The summed E-state index contributed by atoms with van der Waals surface area (Å²) >= 11 is 1.57. The molecule has 0 atom stereocenters. The van der Waals surface area contributed by atoms with Crippen LogP contribution in [0.2, 0.25) is 0 Å². The number of thioether (sulfide) groups is 1. The fourth-order valence-electron chi connectivity index (χ4n) is 1.82. The molecule has 6 heteroatoms. The van der Waals surface area contributed by atoms with E-state index in [2.05, 4.69) is 33.5 Å². The fraction of sp³-hybridized carbons (Fsp3) is 0.143. The molecule has 2 heterocycles. The molecule has 0 unspecified atom stereocenters. The maximum atomic E-state index is 4.34. The van der Waals surface area contributed by atoms with Crippen molar-refractivity contribution in [1.29, 1.82) is 0 Å². The zero-order valence-corrected chi connectivity index (χ0v) is 11.8. The van der Waals surface area contributed by atoms with Crippen LogP contribution < -0.4 is 0 Å². The lowest BCUT2D eigenvalue weighted by atomic mass is 10.3. The van der Waals surface area contributed by atoms with Gasteiger partial charge in [0.1, 0.15) is 0 Å². The topological polar surface area (TPSA) is 56.5 Å². The minimum Gasteiger partial charge on any atom is -0.260 e. The van der Waals surface area contributed by atoms with Gasteiger partial charge in [-0.25, -0.2) is 0 Å². The molecule has 3 rings (SSSR count). The third-order valence-electron chi connectivity index (χ3n) is 2.76. The first kappa shape index (κ1) is 12.8. The molecule has 20 heavy (non-hydrogen) atoms. The lowest BCUT2D eigenvalue weighted by molar-refractivity contribution is 0.756. The van der Waals surface area contributed by atoms with E-state index >= 15 is 0 Å². The molecule has 3 aromatic rings. The third kappa shape index (κ3) is 2.85. The van der Waals surface area contributed by atoms with E-state index in [0.29, 0.717) is 0 Å². The zero-order valence-electron chi connectivity index (χ0n) is 11.0. The first-order valence-corrected chi connectivity index (χ1v) is 7.19. The van der Waals surface area contributed by atoms with Crippen LogP contribution in [0.25, 0.3) is 5.69 Å². The number of hydrogen-bond donors (Lipinski definition) is 0. The number of rotatable bonds is 4. The van der Waals surface area contributed by atoms with Crippen molar-refractivity contribution in [1.82, 2.24) is 25.2 Å². The predicted octanol–water partition coefficient (Wildman–Crippen LogP) is 2.66. The molecule has 0 aliphatic rings. The molecule has 0 saturated carbocycles. The van der Waals surface area contributed by atoms with Crippen molar-refractivity contribution in [2.24, 2.45) is 0 Å². The molecule has 0 N–H and O–H groups in total. The van der Waals surface area contributed by atoms with Gasteiger partial charge in [0.2, 0.25) is 5.16 Å². The van der Waals surface area contributed by atoms with Crippen molar-refractivity contribution >= 4 is 11.8 Å². The number of aryl methyl sites for hydroxylation is 1. The largest absolute Gasteiger partial charge is 0.260 e. The molecule has 2 aromatic heterocycles. The van der Waals surface area contributed by atoms with Gasteiger partial charge in [-0.05, 0) is 47.2 Å². The van der Waals surface area contributed by atoms with Crippen LogP contribution >= 0.6 is 11.8 Å². The average Bonchev–Trinajstić information content (AvgIpc) is 2.95. The van der Waals surface area contributed by atoms with Crippen molar-refractivity contribution in [3.8, 4) is 5.69 Å². The Labute approximate surface area is 121 Å². The number of benzene rings is 1. The Kier molecular flexibility index (Phi) is 3.73. The van der Waals surface area contributed by atoms with Crippen molar-refractivity contribution in [2.45, 2.75) is 17.8 Å². The van der Waals surface area contributed by atoms with Crippen molar-refractivity contribution in [3.05, 3.63) is 59.9 Å². The van der Waals surface area contributed by atoms with Gasteiger partial charge in [-0.2, -0.15) is 4.68 Å². The highest BCUT2D eigenvalue weighted by Gasteiger charge is 2.09. The van der Waals surface area contributed by atoms with Crippen LogP contribution in [0.5, 0.6) is 0 Å². The highest BCUT2D eigenvalue weighted by atomic mass is 32.2. The summed E-state index contributed by atoms with van der Waals surface area (Å²) in [5, 5.41) is 12.6. The van der Waals surface area contributed by atoms with Gasteiger partial charge in [0.05, 0.1) is 11.4 Å². The lowest BCUT2D eigenvalue weighted by Crippen LogP contribution is -1.99. The van der Waals surface area contributed by atoms with E-state index in [1.165, 1.54) is 5.56 Å². The van der Waals surface area contributed by atoms with Crippen molar-refractivity contribution in [3.63, 3.8) is 0 Å². The fourth-order valence-corrected chi connectivity index (χ4v) is 2.61. The number of nitrogens with zero attached hydrogens (tertiary/aromatic N) is 5. The van der Waals surface area contributed by atoms with Crippen LogP contribution in [0, 0.1) is 6.92 Å². The van der Waals surface area contributed by atoms with E-state index in [4.69, 9.17) is 0 Å². The van der Waals surface area contributed by atoms with Gasteiger partial charge in [-0.3, -0.25) is 4.98 Å². The molecule has 0 amide bonds. The summed E-state index contributed by atoms with van der Waals surface area (Å²) in [6.07, 6.45) is 1.82. The van der Waals surface area contributed by atoms with Crippen molar-refractivity contribution < 1.29 is 0 Å². The van der Waals surface area contributed by atoms with E-state index in [0.717, 1.165) is 22.3 Å². The van der Waals surface area contributed by atoms with Gasteiger partial charge in [-0.15, -0.1) is 5.10 Å². The third-order valence-corrected chi connectivity index (χ3v) is 3.72. The summed E-state index contributed by atoms with van der Waals surface area (Å²) in [5.41, 5.74) is 3.19. The predicted molar refractivity (Wildman–Crippen MR) is 77.7 cm³/mol. The maximum absolute atomic E-state index is 4.34. The van der Waals surface area contributed by atoms with Gasteiger partial charge in [-0.1, -0.05) is 30.0 Å². The number of hydrogen-bond acceptors (Lipinski definition) is 5. The molecule has 0 aliphatic heterocycles. The standard InChI is InChI=1S/C14H13N5S/c1-11-7-8-15-12(9-11)10-20-14-16-17-18-19(14)13-5-3-2-4-6-13/h2-9H,10H2,1H3. The molecule has 1 aromatic carbocycles. The summed E-state index contributed by atoms with van der Waals surface area (Å²) in [7, 11) is 0. The van der Waals surface area contributed by atoms with Crippen LogP contribution in [-0.4, -0.2) is 25.2 Å². The second-order valence-electron chi connectivity index (χ2n) is 4.32. The van der Waals surface area contributed by atoms with E-state index in [-0.39, 0.29) is 0 Å². The smallest absolute Gasteiger partial charge is 0.214 e. The monoisotopic (exact) mass is 283 g/mol. The van der Waals surface area contributed by atoms with Crippen LogP contribution in [0.4, 0.5) is 0 Å². The van der Waals surface area contributed by atoms with Gasteiger partial charge in [0.15, 0.2) is 0 Å². The Hall–Kier alpha value is -2.21. The summed E-state index contributed by atoms with van der Waals surface area (Å²) in [6, 6.07) is 13.9. The molecule has 0 spiro atoms. The molecule has 0 bridgehead atoms. The minimum absolute atomic E-state index is 0.745. The van der Waals surface area contributed by atoms with E-state index in [1.54, 1.807) is 16.4 Å². The van der Waals surface area contributed by atoms with Gasteiger partial charge in [0, 0.05) is 11.9 Å². The highest BCUT2D eigenvalue weighted by molar-refractivity contribution is 7.98. The molecule has 0 saturated heterocycles. The van der Waals surface area contributed by atoms with Gasteiger partial charge < -0.3 is 0 Å². The summed E-state index contributed by atoms with van der Waals surface area (Å²) in [4.78, 5) is 4.34. The number of para-hydroxylation sites is 1. The van der Waals surface area contributed by atoms with E-state index in [9.17, 15) is 0 Å². The molecule has 100 valence electrons. The Morgan fingerprint density at radius 2 is 2.00 bits per heavy atom. The molecule has 5 nitrogen and oxygen atoms in total. The van der Waals surface area contributed by atoms with Gasteiger partial charge in [0.25, 0.3) is 0 Å². The van der Waals surface area contributed by atoms with Crippen molar-refractivity contribution in [2.75, 3.05) is 0 Å². The highest BCUT2D eigenvalue weighted by Crippen LogP contribution is 2.21. The summed E-state index contributed by atoms with van der Waals surface area (Å²) in [5.74, 6) is 0.745. The lowest BCUT2D eigenvalue weighted by Gasteiger charge is -2.04. The molecule has 0 radical (unpaired) electrons. The average molecular weight is 283 g/mol. The second kappa shape index (κ2) is 5.83. The van der Waals surface area contributed by atoms with Crippen LogP contribution in [0.3, 0.4) is 0 Å². The quantitative estimate of drug-likeness (QED) is 0.689. The van der Waals surface area contributed by atoms with Crippen LogP contribution in [0.1, 0.15) is 11.3 Å². The Balaban J connectivity index is 1.78. The normalized spacial score (nSPS) is 10.7. The molecular formula is C14H13N5S. The SMILES string of the molecule is Cc1ccnc(CSc2nnnn2-c2ccccc2)c1. The maximum Gasteiger partial charge on any atom is 0.214 e. The number of aromatic nitrogens is 5. The van der Waals surface area contributed by atoms with E-state index < -0.39 is 0 Å². The zero-order chi connectivity index (χ0) is 13.8. The Bertz CT molecular complexity index is 696. The summed E-state index contributed by atoms with van der Waals surface area (Å²) < 4.78 is 1.74. The number of pyridine rings is 1. The first-order chi connectivity index (χ1) is 9.83. The minimum atomic E-state index is 0.745. The Morgan fingerprint density at radius 1 is 1.15 bits per heavy atom. The van der Waals surface area contributed by atoms with Crippen LogP contribution in [0.15, 0.2) is 53.8 Å². The first-order valence-electron chi connectivity index (χ1n) is 6.21. The van der Waals surface area contributed by atoms with E-state index in [1.807, 2.05) is 42.6 Å². The number of tetrazole rings is 1. The second-order valence-corrected chi connectivity index (χ2v) is 5.26.